The van der Waals surface area contributed by atoms with Crippen LogP contribution in [0.5, 0.6) is 0 Å². The summed E-state index contributed by atoms with van der Waals surface area (Å²) in [5, 5.41) is 0. The number of hydrogen-bond acceptors (Lipinski definition) is 4. The summed E-state index contributed by atoms with van der Waals surface area (Å²) in [7, 11) is 0. The summed E-state index contributed by atoms with van der Waals surface area (Å²) in [6, 6.07) is 18.8. The number of benzene rings is 2. The molecule has 2 N–H and O–H groups in total. The molecule has 0 aromatic heterocycles. The zero-order valence-electron chi connectivity index (χ0n) is 20.4. The van der Waals surface area contributed by atoms with Gasteiger partial charge in [-0.1, -0.05) is 74.7 Å². The van der Waals surface area contributed by atoms with Crippen molar-refractivity contribution in [2.75, 3.05) is 31.1 Å². The second kappa shape index (κ2) is 12.7. The standard InChI is InChI=1S/C30H36N2O2/c1-5-26(16-17-31)21-33-24(3)14-15-30(25(4)34-22-27-10-7-6-8-11-27)28-12-9-13-29(18-28)32-19-23(2)20-32/h5-16,18,23H,1,3,17,19-22,31H2,2,4H3/b15-14-,26-16+,30-25-. The molecule has 0 spiro atoms. The number of nitrogens with two attached hydrogens (primary N) is 1. The van der Waals surface area contributed by atoms with Crippen molar-refractivity contribution in [2.45, 2.75) is 20.5 Å². The third-order valence-electron chi connectivity index (χ3n) is 5.77. The zero-order valence-corrected chi connectivity index (χ0v) is 20.4. The van der Waals surface area contributed by atoms with Crippen molar-refractivity contribution in [1.82, 2.24) is 0 Å². The van der Waals surface area contributed by atoms with Gasteiger partial charge in [-0.15, -0.1) is 0 Å². The summed E-state index contributed by atoms with van der Waals surface area (Å²) in [4.78, 5) is 2.40. The molecule has 1 heterocycles. The highest BCUT2D eigenvalue weighted by Crippen LogP contribution is 2.29. The molecule has 0 amide bonds. The van der Waals surface area contributed by atoms with E-state index in [-0.39, 0.29) is 0 Å². The van der Waals surface area contributed by atoms with Crippen molar-refractivity contribution in [3.63, 3.8) is 0 Å². The smallest absolute Gasteiger partial charge is 0.113 e. The van der Waals surface area contributed by atoms with E-state index >= 15 is 0 Å². The molecular formula is C30H36N2O2. The molecule has 0 bridgehead atoms. The number of rotatable bonds is 12. The Morgan fingerprint density at radius 3 is 2.53 bits per heavy atom. The van der Waals surface area contributed by atoms with E-state index in [1.165, 1.54) is 5.69 Å². The van der Waals surface area contributed by atoms with Crippen LogP contribution in [0.3, 0.4) is 0 Å². The van der Waals surface area contributed by atoms with Crippen molar-refractivity contribution in [3.05, 3.63) is 120 Å². The molecule has 2 aromatic rings. The van der Waals surface area contributed by atoms with Gasteiger partial charge in [0.25, 0.3) is 0 Å². The summed E-state index contributed by atoms with van der Waals surface area (Å²) in [5.74, 6) is 2.14. The molecular weight excluding hydrogens is 420 g/mol. The van der Waals surface area contributed by atoms with Gasteiger partial charge in [0.1, 0.15) is 24.7 Å². The van der Waals surface area contributed by atoms with Crippen LogP contribution < -0.4 is 10.6 Å². The molecule has 0 radical (unpaired) electrons. The van der Waals surface area contributed by atoms with Gasteiger partial charge in [-0.2, -0.15) is 0 Å². The first-order valence-electron chi connectivity index (χ1n) is 11.7. The van der Waals surface area contributed by atoms with Gasteiger partial charge >= 0.3 is 0 Å². The molecule has 2 aromatic carbocycles. The maximum Gasteiger partial charge on any atom is 0.113 e. The van der Waals surface area contributed by atoms with E-state index < -0.39 is 0 Å². The monoisotopic (exact) mass is 456 g/mol. The third kappa shape index (κ3) is 7.26. The first-order valence-corrected chi connectivity index (χ1v) is 11.7. The molecule has 0 atom stereocenters. The van der Waals surface area contributed by atoms with Crippen LogP contribution in [0.15, 0.2) is 109 Å². The van der Waals surface area contributed by atoms with Crippen LogP contribution in [0.4, 0.5) is 5.69 Å². The molecule has 1 aliphatic heterocycles. The number of hydrogen-bond donors (Lipinski definition) is 1. The first-order chi connectivity index (χ1) is 16.5. The van der Waals surface area contributed by atoms with Gasteiger partial charge in [0.2, 0.25) is 0 Å². The van der Waals surface area contributed by atoms with Crippen molar-refractivity contribution < 1.29 is 9.47 Å². The van der Waals surface area contributed by atoms with Gasteiger partial charge in [0.05, 0.1) is 0 Å². The minimum atomic E-state index is 0.384. The summed E-state index contributed by atoms with van der Waals surface area (Å²) >= 11 is 0. The highest BCUT2D eigenvalue weighted by molar-refractivity contribution is 5.78. The Morgan fingerprint density at radius 2 is 1.85 bits per heavy atom. The summed E-state index contributed by atoms with van der Waals surface area (Å²) in [5.41, 5.74) is 11.0. The molecule has 4 nitrogen and oxygen atoms in total. The minimum Gasteiger partial charge on any atom is -0.493 e. The van der Waals surface area contributed by atoms with Gasteiger partial charge in [-0.25, -0.2) is 0 Å². The van der Waals surface area contributed by atoms with Crippen LogP contribution in [0, 0.1) is 5.92 Å². The molecule has 1 fully saturated rings. The normalized spacial score (nSPS) is 15.0. The molecule has 3 rings (SSSR count). The Hall–Kier alpha value is -3.50. The van der Waals surface area contributed by atoms with Crippen LogP contribution in [0.1, 0.15) is 25.0 Å². The molecule has 0 unspecified atom stereocenters. The Morgan fingerprint density at radius 1 is 1.09 bits per heavy atom. The maximum atomic E-state index is 6.19. The van der Waals surface area contributed by atoms with Crippen molar-refractivity contribution in [1.29, 1.82) is 0 Å². The lowest BCUT2D eigenvalue weighted by molar-refractivity contribution is 0.203. The number of ether oxygens (including phenoxy) is 2. The Kier molecular flexibility index (Phi) is 9.36. The lowest BCUT2D eigenvalue weighted by Gasteiger charge is -2.39. The number of allylic oxidation sites excluding steroid dienone is 4. The van der Waals surface area contributed by atoms with E-state index in [1.54, 1.807) is 6.08 Å². The van der Waals surface area contributed by atoms with E-state index in [0.717, 1.165) is 47.0 Å². The van der Waals surface area contributed by atoms with Gasteiger partial charge in [0.15, 0.2) is 0 Å². The Balaban J connectivity index is 1.81. The second-order valence-corrected chi connectivity index (χ2v) is 8.61. The van der Waals surface area contributed by atoms with Crippen molar-refractivity contribution >= 4 is 11.3 Å². The molecule has 1 saturated heterocycles. The average Bonchev–Trinajstić information content (AvgIpc) is 2.84. The summed E-state index contributed by atoms with van der Waals surface area (Å²) < 4.78 is 12.0. The Bertz CT molecular complexity index is 1060. The van der Waals surface area contributed by atoms with E-state index in [9.17, 15) is 0 Å². The topological polar surface area (TPSA) is 47.7 Å². The minimum absolute atomic E-state index is 0.384. The predicted molar refractivity (Wildman–Crippen MR) is 143 cm³/mol. The van der Waals surface area contributed by atoms with Gasteiger partial charge in [-0.05, 0) is 53.8 Å². The Labute approximate surface area is 204 Å². The van der Waals surface area contributed by atoms with Gasteiger partial charge in [0, 0.05) is 30.9 Å². The highest BCUT2D eigenvalue weighted by Gasteiger charge is 2.22. The summed E-state index contributed by atoms with van der Waals surface area (Å²) in [6.45, 7) is 15.7. The molecule has 0 saturated carbocycles. The van der Waals surface area contributed by atoms with Crippen LogP contribution in [0.25, 0.3) is 5.57 Å². The molecule has 4 heteroatoms. The van der Waals surface area contributed by atoms with Crippen LogP contribution in [-0.4, -0.2) is 26.2 Å². The van der Waals surface area contributed by atoms with Crippen LogP contribution >= 0.6 is 0 Å². The molecule has 1 aliphatic rings. The van der Waals surface area contributed by atoms with E-state index in [4.69, 9.17) is 15.2 Å². The molecule has 0 aliphatic carbocycles. The van der Waals surface area contributed by atoms with E-state index in [2.05, 4.69) is 61.4 Å². The average molecular weight is 457 g/mol. The third-order valence-corrected chi connectivity index (χ3v) is 5.77. The molecule has 178 valence electrons. The van der Waals surface area contributed by atoms with Crippen molar-refractivity contribution in [3.8, 4) is 0 Å². The predicted octanol–water partition coefficient (Wildman–Crippen LogP) is 6.25. The van der Waals surface area contributed by atoms with Gasteiger partial charge in [-0.3, -0.25) is 0 Å². The van der Waals surface area contributed by atoms with E-state index in [1.807, 2.05) is 43.4 Å². The van der Waals surface area contributed by atoms with Crippen LogP contribution in [-0.2, 0) is 16.1 Å². The lowest BCUT2D eigenvalue weighted by atomic mass is 9.99. The number of anilines is 1. The fourth-order valence-electron chi connectivity index (χ4n) is 3.79. The lowest BCUT2D eigenvalue weighted by Crippen LogP contribution is -2.45. The fourth-order valence-corrected chi connectivity index (χ4v) is 3.79. The van der Waals surface area contributed by atoms with Crippen LogP contribution in [0.2, 0.25) is 0 Å². The SMILES string of the molecule is C=C/C(=C\CN)COC(=C)/C=C\C(=C(/C)OCc1ccccc1)c1cccc(N2CC(C)C2)c1. The second-order valence-electron chi connectivity index (χ2n) is 8.61. The van der Waals surface area contributed by atoms with Gasteiger partial charge < -0.3 is 20.1 Å². The molecule has 34 heavy (non-hydrogen) atoms. The first kappa shape index (κ1) is 25.1. The fraction of sp³-hybridized carbons (Fsp3) is 0.267. The quantitative estimate of drug-likeness (QED) is 0.303. The largest absolute Gasteiger partial charge is 0.493 e. The van der Waals surface area contributed by atoms with E-state index in [0.29, 0.717) is 25.5 Å². The highest BCUT2D eigenvalue weighted by atomic mass is 16.5. The maximum absolute atomic E-state index is 6.19. The zero-order chi connectivity index (χ0) is 24.3. The summed E-state index contributed by atoms with van der Waals surface area (Å²) in [6.07, 6.45) is 7.53. The van der Waals surface area contributed by atoms with Crippen molar-refractivity contribution in [2.24, 2.45) is 11.7 Å². The number of nitrogens with zero attached hydrogens (tertiary/aromatic N) is 1.